The van der Waals surface area contributed by atoms with Crippen LogP contribution in [0.3, 0.4) is 0 Å². The molecule has 0 unspecified atom stereocenters. The first-order valence-electron chi connectivity index (χ1n) is 13.2. The van der Waals surface area contributed by atoms with Crippen LogP contribution >= 0.6 is 0 Å². The molecule has 208 valence electrons. The fraction of sp³-hybridized carbons (Fsp3) is 0.355. The molecule has 0 heterocycles. The maximum Gasteiger partial charge on any atom is 0.264 e. The van der Waals surface area contributed by atoms with Gasteiger partial charge in [0.1, 0.15) is 12.6 Å². The number of amides is 2. The standard InChI is InChI=1S/C31H39N3O4S/c1-22(2)32-31(36)26(6)33(17-16-27-10-8-7-9-11-27)30(35)21-34(28-19-24(4)18-25(5)20-28)39(37,38)29-14-12-23(3)13-15-29/h7-15,18-20,22,26H,16-17,21H2,1-6H3,(H,32,36)/t26-/m0/s1. The van der Waals surface area contributed by atoms with Crippen molar-refractivity contribution in [3.05, 3.63) is 95.1 Å². The van der Waals surface area contributed by atoms with E-state index in [0.29, 0.717) is 12.1 Å². The van der Waals surface area contributed by atoms with Crippen molar-refractivity contribution in [2.45, 2.75) is 64.9 Å². The zero-order valence-corrected chi connectivity index (χ0v) is 24.5. The summed E-state index contributed by atoms with van der Waals surface area (Å²) in [5, 5.41) is 2.87. The third kappa shape index (κ3) is 7.93. The molecule has 3 rings (SSSR count). The van der Waals surface area contributed by atoms with E-state index in [2.05, 4.69) is 5.32 Å². The monoisotopic (exact) mass is 549 g/mol. The van der Waals surface area contributed by atoms with Crippen molar-refractivity contribution in [2.75, 3.05) is 17.4 Å². The second-order valence-corrected chi connectivity index (χ2v) is 12.2. The number of hydrogen-bond donors (Lipinski definition) is 1. The summed E-state index contributed by atoms with van der Waals surface area (Å²) in [6.45, 7) is 10.9. The van der Waals surface area contributed by atoms with Crippen LogP contribution in [0.1, 0.15) is 43.0 Å². The smallest absolute Gasteiger partial charge is 0.264 e. The molecule has 1 atom stereocenters. The van der Waals surface area contributed by atoms with Gasteiger partial charge in [-0.15, -0.1) is 0 Å². The molecule has 7 nitrogen and oxygen atoms in total. The number of benzene rings is 3. The third-order valence-electron chi connectivity index (χ3n) is 6.46. The normalized spacial score (nSPS) is 12.2. The van der Waals surface area contributed by atoms with Crippen LogP contribution in [0.15, 0.2) is 77.7 Å². The van der Waals surface area contributed by atoms with E-state index in [1.54, 1.807) is 43.3 Å². The van der Waals surface area contributed by atoms with Crippen LogP contribution in [-0.4, -0.2) is 50.3 Å². The summed E-state index contributed by atoms with van der Waals surface area (Å²) in [6.07, 6.45) is 0.528. The number of nitrogens with zero attached hydrogens (tertiary/aromatic N) is 2. The molecule has 1 N–H and O–H groups in total. The van der Waals surface area contributed by atoms with E-state index < -0.39 is 28.5 Å². The van der Waals surface area contributed by atoms with Gasteiger partial charge in [-0.3, -0.25) is 13.9 Å². The molecule has 0 aliphatic heterocycles. The zero-order chi connectivity index (χ0) is 28.7. The molecule has 8 heteroatoms. The lowest BCUT2D eigenvalue weighted by Crippen LogP contribution is -2.53. The van der Waals surface area contributed by atoms with E-state index in [1.807, 2.05) is 71.0 Å². The van der Waals surface area contributed by atoms with Crippen molar-refractivity contribution >= 4 is 27.5 Å². The molecule has 39 heavy (non-hydrogen) atoms. The van der Waals surface area contributed by atoms with Gasteiger partial charge < -0.3 is 10.2 Å². The molecular formula is C31H39N3O4S. The molecule has 0 radical (unpaired) electrons. The third-order valence-corrected chi connectivity index (χ3v) is 8.25. The van der Waals surface area contributed by atoms with Gasteiger partial charge >= 0.3 is 0 Å². The largest absolute Gasteiger partial charge is 0.352 e. The van der Waals surface area contributed by atoms with E-state index in [-0.39, 0.29) is 23.4 Å². The van der Waals surface area contributed by atoms with E-state index in [9.17, 15) is 18.0 Å². The van der Waals surface area contributed by atoms with Crippen molar-refractivity contribution in [2.24, 2.45) is 0 Å². The van der Waals surface area contributed by atoms with Gasteiger partial charge in [0.05, 0.1) is 10.6 Å². The molecule has 3 aromatic carbocycles. The van der Waals surface area contributed by atoms with Gasteiger partial charge in [-0.1, -0.05) is 54.1 Å². The number of nitrogens with one attached hydrogen (secondary N) is 1. The summed E-state index contributed by atoms with van der Waals surface area (Å²) in [5.41, 5.74) is 4.12. The summed E-state index contributed by atoms with van der Waals surface area (Å²) >= 11 is 0. The molecule has 0 saturated carbocycles. The minimum absolute atomic E-state index is 0.0975. The summed E-state index contributed by atoms with van der Waals surface area (Å²) in [6, 6.07) is 20.9. The Labute approximate surface area is 232 Å². The Hall–Kier alpha value is -3.65. The molecule has 0 fully saturated rings. The van der Waals surface area contributed by atoms with Gasteiger partial charge in [-0.05, 0) is 88.9 Å². The average molecular weight is 550 g/mol. The topological polar surface area (TPSA) is 86.8 Å². The highest BCUT2D eigenvalue weighted by molar-refractivity contribution is 7.92. The zero-order valence-electron chi connectivity index (χ0n) is 23.6. The van der Waals surface area contributed by atoms with Crippen LogP contribution in [0.5, 0.6) is 0 Å². The highest BCUT2D eigenvalue weighted by Crippen LogP contribution is 2.26. The van der Waals surface area contributed by atoms with Crippen LogP contribution in [0.4, 0.5) is 5.69 Å². The fourth-order valence-corrected chi connectivity index (χ4v) is 5.83. The van der Waals surface area contributed by atoms with E-state index in [4.69, 9.17) is 0 Å². The molecular weight excluding hydrogens is 510 g/mol. The van der Waals surface area contributed by atoms with Crippen LogP contribution in [0, 0.1) is 20.8 Å². The first-order valence-corrected chi connectivity index (χ1v) is 14.6. The highest BCUT2D eigenvalue weighted by atomic mass is 32.2. The summed E-state index contributed by atoms with van der Waals surface area (Å²) in [5.74, 6) is -0.738. The first kappa shape index (κ1) is 29.9. The first-order chi connectivity index (χ1) is 18.4. The molecule has 0 aliphatic carbocycles. The molecule has 0 aliphatic rings. The Bertz CT molecular complexity index is 1370. The summed E-state index contributed by atoms with van der Waals surface area (Å²) < 4.78 is 29.0. The summed E-state index contributed by atoms with van der Waals surface area (Å²) in [4.78, 5) is 28.5. The lowest BCUT2D eigenvalue weighted by Gasteiger charge is -2.32. The maximum absolute atomic E-state index is 13.9. The lowest BCUT2D eigenvalue weighted by molar-refractivity contribution is -0.139. The molecule has 0 bridgehead atoms. The Morgan fingerprint density at radius 2 is 1.41 bits per heavy atom. The van der Waals surface area contributed by atoms with Gasteiger partial charge in [0, 0.05) is 12.6 Å². The molecule has 3 aromatic rings. The minimum Gasteiger partial charge on any atom is -0.352 e. The van der Waals surface area contributed by atoms with Crippen LogP contribution < -0.4 is 9.62 Å². The van der Waals surface area contributed by atoms with E-state index in [1.165, 1.54) is 4.90 Å². The number of aryl methyl sites for hydroxylation is 3. The Morgan fingerprint density at radius 1 is 0.821 bits per heavy atom. The van der Waals surface area contributed by atoms with Crippen molar-refractivity contribution < 1.29 is 18.0 Å². The number of rotatable bonds is 11. The second kappa shape index (κ2) is 12.9. The quantitative estimate of drug-likeness (QED) is 0.373. The van der Waals surface area contributed by atoms with Crippen LogP contribution in [-0.2, 0) is 26.0 Å². The van der Waals surface area contributed by atoms with Gasteiger partial charge in [0.15, 0.2) is 0 Å². The van der Waals surface area contributed by atoms with Crippen molar-refractivity contribution in [1.29, 1.82) is 0 Å². The number of carbonyl (C=O) groups excluding carboxylic acids is 2. The molecule has 0 aromatic heterocycles. The predicted octanol–water partition coefficient (Wildman–Crippen LogP) is 4.79. The molecule has 0 saturated heterocycles. The highest BCUT2D eigenvalue weighted by Gasteiger charge is 2.32. The van der Waals surface area contributed by atoms with Crippen LogP contribution in [0.25, 0.3) is 0 Å². The molecule has 0 spiro atoms. The van der Waals surface area contributed by atoms with Crippen molar-refractivity contribution in [1.82, 2.24) is 10.2 Å². The number of sulfonamides is 1. The van der Waals surface area contributed by atoms with Crippen molar-refractivity contribution in [3.8, 4) is 0 Å². The van der Waals surface area contributed by atoms with Crippen LogP contribution in [0.2, 0.25) is 0 Å². The lowest BCUT2D eigenvalue weighted by atomic mass is 10.1. The molecule has 2 amide bonds. The fourth-order valence-electron chi connectivity index (χ4n) is 4.44. The van der Waals surface area contributed by atoms with Gasteiger partial charge in [-0.2, -0.15) is 0 Å². The number of anilines is 1. The SMILES string of the molecule is Cc1ccc(S(=O)(=O)N(CC(=O)N(CCc2ccccc2)[C@@H](C)C(=O)NC(C)C)c2cc(C)cc(C)c2)cc1. The van der Waals surface area contributed by atoms with Crippen molar-refractivity contribution in [3.63, 3.8) is 0 Å². The Balaban J connectivity index is 2.01. The predicted molar refractivity (Wildman–Crippen MR) is 156 cm³/mol. The Kier molecular flexibility index (Phi) is 9.92. The Morgan fingerprint density at radius 3 is 1.97 bits per heavy atom. The second-order valence-electron chi connectivity index (χ2n) is 10.3. The van der Waals surface area contributed by atoms with Gasteiger partial charge in [0.2, 0.25) is 11.8 Å². The average Bonchev–Trinajstić information content (AvgIpc) is 2.87. The van der Waals surface area contributed by atoms with Gasteiger partial charge in [-0.25, -0.2) is 8.42 Å². The van der Waals surface area contributed by atoms with E-state index in [0.717, 1.165) is 26.6 Å². The summed E-state index contributed by atoms with van der Waals surface area (Å²) in [7, 11) is -4.08. The number of carbonyl (C=O) groups is 2. The van der Waals surface area contributed by atoms with E-state index >= 15 is 0 Å². The maximum atomic E-state index is 13.9. The minimum atomic E-state index is -4.08. The van der Waals surface area contributed by atoms with Gasteiger partial charge in [0.25, 0.3) is 10.0 Å². The number of hydrogen-bond acceptors (Lipinski definition) is 4.